The SMILES string of the molecule is CCc1ccsc1C(Cc1cc(Br)cc2c1OCC2)NC. The number of fused-ring (bicyclic) bond motifs is 1. The Morgan fingerprint density at radius 3 is 3.00 bits per heavy atom. The summed E-state index contributed by atoms with van der Waals surface area (Å²) >= 11 is 5.48. The summed E-state index contributed by atoms with van der Waals surface area (Å²) in [6.07, 6.45) is 3.07. The minimum atomic E-state index is 0.350. The van der Waals surface area contributed by atoms with Gasteiger partial charge in [0, 0.05) is 21.8 Å². The molecule has 0 fully saturated rings. The third-order valence-electron chi connectivity index (χ3n) is 4.08. The molecule has 21 heavy (non-hydrogen) atoms. The number of ether oxygens (including phenoxy) is 1. The standard InChI is InChI=1S/C17H20BrNOS/c1-3-11-5-7-21-17(11)15(19-2)10-13-9-14(18)8-12-4-6-20-16(12)13/h5,7-9,15,19H,3-4,6,10H2,1-2H3. The van der Waals surface area contributed by atoms with Gasteiger partial charge in [0.25, 0.3) is 0 Å². The predicted octanol–water partition coefficient (Wildman–Crippen LogP) is 4.51. The van der Waals surface area contributed by atoms with E-state index in [2.05, 4.69) is 51.7 Å². The Labute approximate surface area is 138 Å². The van der Waals surface area contributed by atoms with Crippen molar-refractivity contribution in [3.63, 3.8) is 0 Å². The molecule has 1 atom stereocenters. The van der Waals surface area contributed by atoms with Gasteiger partial charge < -0.3 is 10.1 Å². The van der Waals surface area contributed by atoms with E-state index >= 15 is 0 Å². The van der Waals surface area contributed by atoms with Gasteiger partial charge in [-0.15, -0.1) is 11.3 Å². The highest BCUT2D eigenvalue weighted by Gasteiger charge is 2.22. The van der Waals surface area contributed by atoms with E-state index in [1.54, 1.807) is 0 Å². The van der Waals surface area contributed by atoms with E-state index in [-0.39, 0.29) is 0 Å². The van der Waals surface area contributed by atoms with E-state index in [1.807, 2.05) is 18.4 Å². The minimum Gasteiger partial charge on any atom is -0.493 e. The number of hydrogen-bond donors (Lipinski definition) is 1. The zero-order chi connectivity index (χ0) is 14.8. The van der Waals surface area contributed by atoms with Crippen LogP contribution in [-0.4, -0.2) is 13.7 Å². The summed E-state index contributed by atoms with van der Waals surface area (Å²) in [5, 5.41) is 5.67. The highest BCUT2D eigenvalue weighted by atomic mass is 79.9. The fourth-order valence-corrected chi connectivity index (χ4v) is 4.65. The maximum absolute atomic E-state index is 5.86. The molecule has 112 valence electrons. The average Bonchev–Trinajstić information content (AvgIpc) is 3.12. The molecule has 1 aromatic carbocycles. The van der Waals surface area contributed by atoms with Gasteiger partial charge in [-0.25, -0.2) is 0 Å². The van der Waals surface area contributed by atoms with Crippen molar-refractivity contribution >= 4 is 27.3 Å². The predicted molar refractivity (Wildman–Crippen MR) is 92.5 cm³/mol. The van der Waals surface area contributed by atoms with Gasteiger partial charge in [-0.2, -0.15) is 0 Å². The molecule has 1 unspecified atom stereocenters. The fraction of sp³-hybridized carbons (Fsp3) is 0.412. The van der Waals surface area contributed by atoms with Gasteiger partial charge in [-0.3, -0.25) is 0 Å². The number of hydrogen-bond acceptors (Lipinski definition) is 3. The van der Waals surface area contributed by atoms with Crippen LogP contribution in [0.5, 0.6) is 5.75 Å². The van der Waals surface area contributed by atoms with Crippen LogP contribution < -0.4 is 10.1 Å². The Morgan fingerprint density at radius 2 is 2.24 bits per heavy atom. The van der Waals surface area contributed by atoms with Crippen molar-refractivity contribution in [2.75, 3.05) is 13.7 Å². The maximum atomic E-state index is 5.86. The molecule has 4 heteroatoms. The lowest BCUT2D eigenvalue weighted by molar-refractivity contribution is 0.352. The Bertz CT molecular complexity index is 638. The topological polar surface area (TPSA) is 21.3 Å². The highest BCUT2D eigenvalue weighted by Crippen LogP contribution is 2.36. The van der Waals surface area contributed by atoms with Crippen molar-refractivity contribution in [3.8, 4) is 5.75 Å². The number of halogens is 1. The molecule has 0 amide bonds. The van der Waals surface area contributed by atoms with Crippen molar-refractivity contribution in [2.24, 2.45) is 0 Å². The van der Waals surface area contributed by atoms with Crippen LogP contribution in [0.4, 0.5) is 0 Å². The number of benzene rings is 1. The molecule has 0 aliphatic carbocycles. The van der Waals surface area contributed by atoms with E-state index in [0.717, 1.165) is 36.1 Å². The van der Waals surface area contributed by atoms with Gasteiger partial charge in [0.15, 0.2) is 0 Å². The number of thiophene rings is 1. The molecule has 1 aliphatic rings. The normalized spacial score (nSPS) is 14.8. The smallest absolute Gasteiger partial charge is 0.125 e. The molecule has 2 aromatic rings. The monoisotopic (exact) mass is 365 g/mol. The second kappa shape index (κ2) is 6.51. The van der Waals surface area contributed by atoms with Crippen LogP contribution in [0.2, 0.25) is 0 Å². The quantitative estimate of drug-likeness (QED) is 0.841. The second-order valence-electron chi connectivity index (χ2n) is 5.36. The first-order valence-corrected chi connectivity index (χ1v) is 9.07. The zero-order valence-corrected chi connectivity index (χ0v) is 14.8. The highest BCUT2D eigenvalue weighted by molar-refractivity contribution is 9.10. The summed E-state index contributed by atoms with van der Waals surface area (Å²) in [4.78, 5) is 1.45. The zero-order valence-electron chi connectivity index (χ0n) is 12.4. The summed E-state index contributed by atoms with van der Waals surface area (Å²) in [5.41, 5.74) is 4.08. The molecule has 1 aromatic heterocycles. The van der Waals surface area contributed by atoms with Crippen molar-refractivity contribution < 1.29 is 4.74 Å². The lowest BCUT2D eigenvalue weighted by atomic mass is 9.99. The Balaban J connectivity index is 1.92. The molecule has 0 radical (unpaired) electrons. The number of rotatable bonds is 5. The summed E-state index contributed by atoms with van der Waals surface area (Å²) in [6, 6.07) is 6.98. The lowest BCUT2D eigenvalue weighted by Gasteiger charge is -2.18. The largest absolute Gasteiger partial charge is 0.493 e. The van der Waals surface area contributed by atoms with Crippen LogP contribution in [0.1, 0.15) is 34.5 Å². The average molecular weight is 366 g/mol. The van der Waals surface area contributed by atoms with E-state index in [0.29, 0.717) is 6.04 Å². The van der Waals surface area contributed by atoms with Crippen molar-refractivity contribution in [3.05, 3.63) is 49.6 Å². The van der Waals surface area contributed by atoms with Crippen LogP contribution in [0.25, 0.3) is 0 Å². The molecular weight excluding hydrogens is 346 g/mol. The Morgan fingerprint density at radius 1 is 1.38 bits per heavy atom. The van der Waals surface area contributed by atoms with Gasteiger partial charge in [0.05, 0.1) is 6.61 Å². The molecular formula is C17H20BrNOS. The fourth-order valence-electron chi connectivity index (χ4n) is 2.99. The molecule has 2 heterocycles. The van der Waals surface area contributed by atoms with Crippen LogP contribution in [0, 0.1) is 0 Å². The summed E-state index contributed by atoms with van der Waals surface area (Å²) in [6.45, 7) is 3.03. The first-order chi connectivity index (χ1) is 10.2. The maximum Gasteiger partial charge on any atom is 0.125 e. The molecule has 0 bridgehead atoms. The molecule has 2 nitrogen and oxygen atoms in total. The second-order valence-corrected chi connectivity index (χ2v) is 7.22. The lowest BCUT2D eigenvalue weighted by Crippen LogP contribution is -2.19. The number of aryl methyl sites for hydroxylation is 1. The van der Waals surface area contributed by atoms with Gasteiger partial charge in [0.2, 0.25) is 0 Å². The Hall–Kier alpha value is -0.840. The molecule has 0 saturated heterocycles. The van der Waals surface area contributed by atoms with Crippen molar-refractivity contribution in [1.29, 1.82) is 0 Å². The van der Waals surface area contributed by atoms with Gasteiger partial charge in [-0.1, -0.05) is 22.9 Å². The van der Waals surface area contributed by atoms with Gasteiger partial charge in [-0.05, 0) is 60.2 Å². The third-order valence-corrected chi connectivity index (χ3v) is 5.61. The van der Waals surface area contributed by atoms with Gasteiger partial charge in [0.1, 0.15) is 5.75 Å². The molecule has 0 saturated carbocycles. The first kappa shape index (κ1) is 15.1. The molecule has 1 N–H and O–H groups in total. The number of nitrogens with one attached hydrogen (secondary N) is 1. The van der Waals surface area contributed by atoms with Crippen molar-refractivity contribution in [2.45, 2.75) is 32.2 Å². The first-order valence-electron chi connectivity index (χ1n) is 7.40. The van der Waals surface area contributed by atoms with Crippen LogP contribution in [0.3, 0.4) is 0 Å². The summed E-state index contributed by atoms with van der Waals surface area (Å²) in [7, 11) is 2.04. The summed E-state index contributed by atoms with van der Waals surface area (Å²) in [5.74, 6) is 1.10. The van der Waals surface area contributed by atoms with Crippen LogP contribution >= 0.6 is 27.3 Å². The minimum absolute atomic E-state index is 0.350. The molecule has 0 spiro atoms. The molecule has 1 aliphatic heterocycles. The van der Waals surface area contributed by atoms with E-state index in [4.69, 9.17) is 4.74 Å². The third kappa shape index (κ3) is 3.03. The molecule has 3 rings (SSSR count). The Kier molecular flexibility index (Phi) is 4.67. The van der Waals surface area contributed by atoms with E-state index in [9.17, 15) is 0 Å². The van der Waals surface area contributed by atoms with Gasteiger partial charge >= 0.3 is 0 Å². The van der Waals surface area contributed by atoms with Crippen LogP contribution in [0.15, 0.2) is 28.1 Å². The van der Waals surface area contributed by atoms with E-state index in [1.165, 1.54) is 21.6 Å². The number of likely N-dealkylation sites (N-methyl/N-ethyl adjacent to an activating group) is 1. The van der Waals surface area contributed by atoms with E-state index < -0.39 is 0 Å². The van der Waals surface area contributed by atoms with Crippen molar-refractivity contribution in [1.82, 2.24) is 5.32 Å². The van der Waals surface area contributed by atoms with Crippen LogP contribution in [-0.2, 0) is 19.3 Å². The summed E-state index contributed by atoms with van der Waals surface area (Å²) < 4.78 is 7.01.